The van der Waals surface area contributed by atoms with E-state index in [1.54, 1.807) is 25.1 Å². The molecular weight excluding hydrogens is 251 g/mol. The number of rotatable bonds is 2. The second kappa shape index (κ2) is 4.58. The molecule has 0 saturated heterocycles. The molecule has 0 atom stereocenters. The summed E-state index contributed by atoms with van der Waals surface area (Å²) in [5.41, 5.74) is 1.64. The first-order chi connectivity index (χ1) is 6.13. The standard InChI is InChI=1S/C10H8BrClO/c1-7(6-13)4-8-2-3-9(12)5-10(8)11/h2-6H,1H3. The highest BCUT2D eigenvalue weighted by Crippen LogP contribution is 2.23. The molecule has 0 bridgehead atoms. The Labute approximate surface area is 90.5 Å². The molecule has 0 aliphatic carbocycles. The maximum absolute atomic E-state index is 10.4. The maximum atomic E-state index is 10.4. The van der Waals surface area contributed by atoms with E-state index in [9.17, 15) is 4.79 Å². The van der Waals surface area contributed by atoms with Crippen LogP contribution in [0.2, 0.25) is 5.02 Å². The Morgan fingerprint density at radius 3 is 2.77 bits per heavy atom. The van der Waals surface area contributed by atoms with E-state index >= 15 is 0 Å². The number of carbonyl (C=O) groups excluding carboxylic acids is 1. The Morgan fingerprint density at radius 1 is 1.54 bits per heavy atom. The molecule has 0 amide bonds. The summed E-state index contributed by atoms with van der Waals surface area (Å²) in [7, 11) is 0. The van der Waals surface area contributed by atoms with Crippen LogP contribution >= 0.6 is 27.5 Å². The Bertz CT molecular complexity index is 358. The SMILES string of the molecule is CC(C=O)=Cc1ccc(Cl)cc1Br. The Morgan fingerprint density at radius 2 is 2.23 bits per heavy atom. The van der Waals surface area contributed by atoms with Crippen molar-refractivity contribution in [2.75, 3.05) is 0 Å². The highest BCUT2D eigenvalue weighted by atomic mass is 79.9. The van der Waals surface area contributed by atoms with Gasteiger partial charge in [0.1, 0.15) is 6.29 Å². The number of hydrogen-bond donors (Lipinski definition) is 0. The molecule has 0 aromatic heterocycles. The molecule has 0 aliphatic heterocycles. The van der Waals surface area contributed by atoms with Crippen molar-refractivity contribution in [3.63, 3.8) is 0 Å². The molecule has 0 heterocycles. The van der Waals surface area contributed by atoms with E-state index in [1.165, 1.54) is 0 Å². The van der Waals surface area contributed by atoms with Crippen molar-refractivity contribution in [3.8, 4) is 0 Å². The lowest BCUT2D eigenvalue weighted by atomic mass is 10.1. The van der Waals surface area contributed by atoms with Crippen molar-refractivity contribution in [1.29, 1.82) is 0 Å². The average molecular weight is 260 g/mol. The van der Waals surface area contributed by atoms with Gasteiger partial charge in [0.15, 0.2) is 0 Å². The normalized spacial score (nSPS) is 11.5. The van der Waals surface area contributed by atoms with E-state index in [0.29, 0.717) is 10.6 Å². The van der Waals surface area contributed by atoms with Crippen LogP contribution in [0.1, 0.15) is 12.5 Å². The molecule has 0 N–H and O–H groups in total. The topological polar surface area (TPSA) is 17.1 Å². The second-order valence-corrected chi connectivity index (χ2v) is 3.96. The van der Waals surface area contributed by atoms with E-state index in [1.807, 2.05) is 6.07 Å². The molecule has 0 aliphatic rings. The predicted molar refractivity (Wildman–Crippen MR) is 58.9 cm³/mol. The van der Waals surface area contributed by atoms with Crippen LogP contribution in [0.15, 0.2) is 28.2 Å². The first-order valence-electron chi connectivity index (χ1n) is 3.72. The van der Waals surface area contributed by atoms with Crippen molar-refractivity contribution in [2.45, 2.75) is 6.92 Å². The largest absolute Gasteiger partial charge is 0.298 e. The van der Waals surface area contributed by atoms with Crippen LogP contribution in [0.5, 0.6) is 0 Å². The summed E-state index contributed by atoms with van der Waals surface area (Å²) in [6, 6.07) is 5.45. The molecule has 1 nitrogen and oxygen atoms in total. The van der Waals surface area contributed by atoms with Crippen LogP contribution in [-0.4, -0.2) is 6.29 Å². The van der Waals surface area contributed by atoms with Crippen molar-refractivity contribution in [1.82, 2.24) is 0 Å². The van der Waals surface area contributed by atoms with Gasteiger partial charge in [-0.25, -0.2) is 0 Å². The average Bonchev–Trinajstić information content (AvgIpc) is 2.09. The molecule has 0 saturated carbocycles. The van der Waals surface area contributed by atoms with Crippen LogP contribution in [-0.2, 0) is 4.79 Å². The van der Waals surface area contributed by atoms with E-state index < -0.39 is 0 Å². The van der Waals surface area contributed by atoms with Crippen LogP contribution < -0.4 is 0 Å². The molecule has 3 heteroatoms. The van der Waals surface area contributed by atoms with Crippen molar-refractivity contribution >= 4 is 39.9 Å². The molecule has 1 aromatic rings. The molecule has 1 rings (SSSR count). The molecule has 13 heavy (non-hydrogen) atoms. The predicted octanol–water partition coefficient (Wildman–Crippen LogP) is 3.70. The van der Waals surface area contributed by atoms with Crippen LogP contribution in [0, 0.1) is 0 Å². The van der Waals surface area contributed by atoms with Gasteiger partial charge >= 0.3 is 0 Å². The summed E-state index contributed by atoms with van der Waals surface area (Å²) in [5.74, 6) is 0. The molecule has 0 radical (unpaired) electrons. The minimum atomic E-state index is 0.674. The van der Waals surface area contributed by atoms with Gasteiger partial charge in [-0.1, -0.05) is 33.6 Å². The molecule has 0 spiro atoms. The van der Waals surface area contributed by atoms with Gasteiger partial charge in [-0.15, -0.1) is 0 Å². The zero-order valence-electron chi connectivity index (χ0n) is 7.05. The maximum Gasteiger partial charge on any atom is 0.145 e. The van der Waals surface area contributed by atoms with Gasteiger partial charge < -0.3 is 0 Å². The highest BCUT2D eigenvalue weighted by molar-refractivity contribution is 9.10. The number of hydrogen-bond acceptors (Lipinski definition) is 1. The summed E-state index contributed by atoms with van der Waals surface area (Å²) in [4.78, 5) is 10.4. The monoisotopic (exact) mass is 258 g/mol. The zero-order valence-corrected chi connectivity index (χ0v) is 9.39. The molecule has 0 fully saturated rings. The first kappa shape index (κ1) is 10.5. The van der Waals surface area contributed by atoms with Gasteiger partial charge in [-0.05, 0) is 36.3 Å². The van der Waals surface area contributed by atoms with E-state index in [2.05, 4.69) is 15.9 Å². The fourth-order valence-electron chi connectivity index (χ4n) is 0.898. The third kappa shape index (κ3) is 2.98. The second-order valence-electron chi connectivity index (χ2n) is 2.67. The highest BCUT2D eigenvalue weighted by Gasteiger charge is 1.97. The number of carbonyl (C=O) groups is 1. The summed E-state index contributed by atoms with van der Waals surface area (Å²) in [6.45, 7) is 1.76. The Hall–Kier alpha value is -0.600. The third-order valence-corrected chi connectivity index (χ3v) is 2.45. The Kier molecular flexibility index (Phi) is 3.70. The lowest BCUT2D eigenvalue weighted by molar-refractivity contribution is -0.104. The number of allylic oxidation sites excluding steroid dienone is 1. The fraction of sp³-hybridized carbons (Fsp3) is 0.100. The van der Waals surface area contributed by atoms with Crippen molar-refractivity contribution in [2.24, 2.45) is 0 Å². The van der Waals surface area contributed by atoms with Gasteiger partial charge in [0.05, 0.1) is 0 Å². The molecular formula is C10H8BrClO. The number of halogens is 2. The molecule has 68 valence electrons. The lowest BCUT2D eigenvalue weighted by Gasteiger charge is -1.99. The van der Waals surface area contributed by atoms with E-state index in [4.69, 9.17) is 11.6 Å². The summed E-state index contributed by atoms with van der Waals surface area (Å²) in [5, 5.41) is 0.674. The zero-order chi connectivity index (χ0) is 9.84. The lowest BCUT2D eigenvalue weighted by Crippen LogP contribution is -1.80. The van der Waals surface area contributed by atoms with Gasteiger partial charge in [0.2, 0.25) is 0 Å². The quantitative estimate of drug-likeness (QED) is 0.584. The molecule has 1 aromatic carbocycles. The Balaban J connectivity index is 3.09. The van der Waals surface area contributed by atoms with E-state index in [0.717, 1.165) is 16.3 Å². The van der Waals surface area contributed by atoms with Crippen molar-refractivity contribution < 1.29 is 4.79 Å². The number of benzene rings is 1. The van der Waals surface area contributed by atoms with Crippen molar-refractivity contribution in [3.05, 3.63) is 38.8 Å². The minimum Gasteiger partial charge on any atom is -0.298 e. The first-order valence-corrected chi connectivity index (χ1v) is 4.89. The number of aldehydes is 1. The molecule has 0 unspecified atom stereocenters. The van der Waals surface area contributed by atoms with Gasteiger partial charge in [-0.2, -0.15) is 0 Å². The van der Waals surface area contributed by atoms with Crippen LogP contribution in [0.25, 0.3) is 6.08 Å². The summed E-state index contributed by atoms with van der Waals surface area (Å²) >= 11 is 9.13. The van der Waals surface area contributed by atoms with Gasteiger partial charge in [-0.3, -0.25) is 4.79 Å². The van der Waals surface area contributed by atoms with Gasteiger partial charge in [0.25, 0.3) is 0 Å². The van der Waals surface area contributed by atoms with Crippen LogP contribution in [0.3, 0.4) is 0 Å². The van der Waals surface area contributed by atoms with Gasteiger partial charge in [0, 0.05) is 9.50 Å². The minimum absolute atomic E-state index is 0.674. The van der Waals surface area contributed by atoms with E-state index in [-0.39, 0.29) is 0 Å². The van der Waals surface area contributed by atoms with Crippen LogP contribution in [0.4, 0.5) is 0 Å². The third-order valence-electron chi connectivity index (χ3n) is 1.53. The summed E-state index contributed by atoms with van der Waals surface area (Å²) < 4.78 is 0.890. The smallest absolute Gasteiger partial charge is 0.145 e. The summed E-state index contributed by atoms with van der Waals surface area (Å²) in [6.07, 6.45) is 2.62. The fourth-order valence-corrected chi connectivity index (χ4v) is 1.70.